The second-order valence-corrected chi connectivity index (χ2v) is 6.60. The maximum absolute atomic E-state index is 12.8. The van der Waals surface area contributed by atoms with Crippen LogP contribution in [0.1, 0.15) is 53.6 Å². The van der Waals surface area contributed by atoms with E-state index in [4.69, 9.17) is 5.73 Å². The Kier molecular flexibility index (Phi) is 4.29. The van der Waals surface area contributed by atoms with Crippen molar-refractivity contribution in [3.05, 3.63) is 34.9 Å². The van der Waals surface area contributed by atoms with E-state index in [-0.39, 0.29) is 5.91 Å². The third-order valence-corrected chi connectivity index (χ3v) is 5.33. The average Bonchev–Trinajstić information content (AvgIpc) is 3.00. The van der Waals surface area contributed by atoms with Crippen molar-refractivity contribution in [1.82, 2.24) is 4.90 Å². The number of carbonyl (C=O) groups is 1. The van der Waals surface area contributed by atoms with Gasteiger partial charge in [-0.3, -0.25) is 4.79 Å². The van der Waals surface area contributed by atoms with E-state index in [1.54, 1.807) is 0 Å². The molecular weight excluding hydrogens is 260 g/mol. The lowest BCUT2D eigenvalue weighted by Gasteiger charge is -2.37. The molecule has 114 valence electrons. The summed E-state index contributed by atoms with van der Waals surface area (Å²) in [5, 5.41) is 0. The fourth-order valence-corrected chi connectivity index (χ4v) is 4.03. The average molecular weight is 286 g/mol. The predicted octanol–water partition coefficient (Wildman–Crippen LogP) is 2.76. The van der Waals surface area contributed by atoms with Crippen molar-refractivity contribution in [2.75, 3.05) is 13.6 Å². The summed E-state index contributed by atoms with van der Waals surface area (Å²) in [6.45, 7) is 0.687. The summed E-state index contributed by atoms with van der Waals surface area (Å²) in [7, 11) is 1.95. The molecule has 0 aromatic heterocycles. The normalized spacial score (nSPS) is 24.7. The summed E-state index contributed by atoms with van der Waals surface area (Å²) in [6, 6.07) is 6.57. The lowest BCUT2D eigenvalue weighted by Crippen LogP contribution is -2.45. The summed E-state index contributed by atoms with van der Waals surface area (Å²) in [5.74, 6) is 0.622. The molecule has 2 atom stereocenters. The van der Waals surface area contributed by atoms with Crippen molar-refractivity contribution in [2.24, 2.45) is 11.7 Å². The molecule has 3 rings (SSSR count). The first-order valence-corrected chi connectivity index (χ1v) is 8.29. The minimum absolute atomic E-state index is 0.162. The molecule has 1 saturated carbocycles. The Morgan fingerprint density at radius 2 is 1.95 bits per heavy atom. The fourth-order valence-electron chi connectivity index (χ4n) is 4.03. The van der Waals surface area contributed by atoms with Gasteiger partial charge in [0.2, 0.25) is 0 Å². The molecule has 3 heteroatoms. The van der Waals surface area contributed by atoms with Crippen LogP contribution < -0.4 is 5.73 Å². The molecular formula is C18H26N2O. The number of nitrogens with two attached hydrogens (primary N) is 1. The molecule has 0 spiro atoms. The lowest BCUT2D eigenvalue weighted by molar-refractivity contribution is 0.0620. The molecule has 2 N–H and O–H groups in total. The van der Waals surface area contributed by atoms with Crippen LogP contribution >= 0.6 is 0 Å². The Morgan fingerprint density at radius 3 is 2.76 bits per heavy atom. The van der Waals surface area contributed by atoms with Crippen molar-refractivity contribution in [3.8, 4) is 0 Å². The van der Waals surface area contributed by atoms with E-state index < -0.39 is 0 Å². The Balaban J connectivity index is 1.77. The molecule has 0 heterocycles. The smallest absolute Gasteiger partial charge is 0.253 e. The molecule has 2 aliphatic rings. The van der Waals surface area contributed by atoms with Gasteiger partial charge in [0.25, 0.3) is 5.91 Å². The number of benzene rings is 1. The van der Waals surface area contributed by atoms with Crippen molar-refractivity contribution in [3.63, 3.8) is 0 Å². The van der Waals surface area contributed by atoms with E-state index in [0.29, 0.717) is 18.5 Å². The third-order valence-electron chi connectivity index (χ3n) is 5.33. The zero-order chi connectivity index (χ0) is 14.8. The molecule has 2 unspecified atom stereocenters. The van der Waals surface area contributed by atoms with Gasteiger partial charge in [-0.15, -0.1) is 0 Å². The highest BCUT2D eigenvalue weighted by atomic mass is 16.2. The Morgan fingerprint density at radius 1 is 1.19 bits per heavy atom. The molecule has 1 fully saturated rings. The zero-order valence-electron chi connectivity index (χ0n) is 13.0. The van der Waals surface area contributed by atoms with Gasteiger partial charge >= 0.3 is 0 Å². The number of nitrogens with zero attached hydrogens (tertiary/aromatic N) is 1. The minimum Gasteiger partial charge on any atom is -0.338 e. The van der Waals surface area contributed by atoms with E-state index in [1.165, 1.54) is 30.4 Å². The third kappa shape index (κ3) is 2.84. The summed E-state index contributed by atoms with van der Waals surface area (Å²) in [4.78, 5) is 14.7. The first-order chi connectivity index (χ1) is 10.2. The van der Waals surface area contributed by atoms with Gasteiger partial charge in [-0.1, -0.05) is 18.9 Å². The van der Waals surface area contributed by atoms with Crippen LogP contribution in [0.5, 0.6) is 0 Å². The van der Waals surface area contributed by atoms with Gasteiger partial charge in [0.05, 0.1) is 0 Å². The maximum atomic E-state index is 12.8. The van der Waals surface area contributed by atoms with Crippen molar-refractivity contribution >= 4 is 5.91 Å². The van der Waals surface area contributed by atoms with E-state index in [0.717, 1.165) is 31.2 Å². The van der Waals surface area contributed by atoms with E-state index >= 15 is 0 Å². The summed E-state index contributed by atoms with van der Waals surface area (Å²) < 4.78 is 0. The molecule has 1 aromatic carbocycles. The topological polar surface area (TPSA) is 46.3 Å². The SMILES string of the molecule is CN(C(=O)c1ccc2c(c1)CCC2)C1CCCCC1CN. The fraction of sp³-hybridized carbons (Fsp3) is 0.611. The van der Waals surface area contributed by atoms with Gasteiger partial charge < -0.3 is 10.6 Å². The zero-order valence-corrected chi connectivity index (χ0v) is 13.0. The van der Waals surface area contributed by atoms with Crippen LogP contribution in [0.4, 0.5) is 0 Å². The van der Waals surface area contributed by atoms with Crippen LogP contribution in [-0.4, -0.2) is 30.4 Å². The molecule has 0 bridgehead atoms. The van der Waals surface area contributed by atoms with Gasteiger partial charge in [-0.25, -0.2) is 0 Å². The van der Waals surface area contributed by atoms with Crippen LogP contribution in [0.25, 0.3) is 0 Å². The van der Waals surface area contributed by atoms with Gasteiger partial charge in [-0.05, 0) is 67.8 Å². The second kappa shape index (κ2) is 6.18. The Labute approximate surface area is 127 Å². The van der Waals surface area contributed by atoms with Crippen LogP contribution in [0.2, 0.25) is 0 Å². The Hall–Kier alpha value is -1.35. The number of amides is 1. The number of carbonyl (C=O) groups excluding carboxylic acids is 1. The quantitative estimate of drug-likeness (QED) is 0.928. The van der Waals surface area contributed by atoms with Gasteiger partial charge in [-0.2, -0.15) is 0 Å². The van der Waals surface area contributed by atoms with Crippen molar-refractivity contribution in [2.45, 2.75) is 51.0 Å². The summed E-state index contributed by atoms with van der Waals surface area (Å²) in [6.07, 6.45) is 8.22. The number of hydrogen-bond donors (Lipinski definition) is 1. The van der Waals surface area contributed by atoms with Crippen LogP contribution in [0.3, 0.4) is 0 Å². The monoisotopic (exact) mass is 286 g/mol. The molecule has 21 heavy (non-hydrogen) atoms. The molecule has 0 aliphatic heterocycles. The van der Waals surface area contributed by atoms with Crippen LogP contribution in [0, 0.1) is 5.92 Å². The number of rotatable bonds is 3. The van der Waals surface area contributed by atoms with E-state index in [1.807, 2.05) is 18.0 Å². The Bertz CT molecular complexity index is 526. The molecule has 1 amide bonds. The van der Waals surface area contributed by atoms with Gasteiger partial charge in [0.1, 0.15) is 0 Å². The highest BCUT2D eigenvalue weighted by molar-refractivity contribution is 5.94. The van der Waals surface area contributed by atoms with Crippen LogP contribution in [0.15, 0.2) is 18.2 Å². The first kappa shape index (κ1) is 14.6. The molecule has 0 radical (unpaired) electrons. The standard InChI is InChI=1S/C18H26N2O/c1-20(17-8-3-2-5-16(17)12-19)18(21)15-10-9-13-6-4-7-14(13)11-15/h9-11,16-17H,2-8,12,19H2,1H3. The molecule has 1 aromatic rings. The van der Waals surface area contributed by atoms with Gasteiger partial charge in [0, 0.05) is 18.7 Å². The second-order valence-electron chi connectivity index (χ2n) is 6.60. The molecule has 2 aliphatic carbocycles. The van der Waals surface area contributed by atoms with Gasteiger partial charge in [0.15, 0.2) is 0 Å². The minimum atomic E-state index is 0.162. The first-order valence-electron chi connectivity index (χ1n) is 8.29. The summed E-state index contributed by atoms with van der Waals surface area (Å²) >= 11 is 0. The van der Waals surface area contributed by atoms with Crippen molar-refractivity contribution in [1.29, 1.82) is 0 Å². The summed E-state index contributed by atoms with van der Waals surface area (Å²) in [5.41, 5.74) is 9.54. The van der Waals surface area contributed by atoms with E-state index in [9.17, 15) is 4.79 Å². The highest BCUT2D eigenvalue weighted by Crippen LogP contribution is 2.29. The highest BCUT2D eigenvalue weighted by Gasteiger charge is 2.30. The lowest BCUT2D eigenvalue weighted by atomic mass is 9.83. The largest absolute Gasteiger partial charge is 0.338 e. The molecule has 0 saturated heterocycles. The number of aryl methyl sites for hydroxylation is 2. The molecule has 3 nitrogen and oxygen atoms in total. The number of hydrogen-bond acceptors (Lipinski definition) is 2. The van der Waals surface area contributed by atoms with Crippen molar-refractivity contribution < 1.29 is 4.79 Å². The van der Waals surface area contributed by atoms with Crippen LogP contribution in [-0.2, 0) is 12.8 Å². The maximum Gasteiger partial charge on any atom is 0.253 e. The van der Waals surface area contributed by atoms with E-state index in [2.05, 4.69) is 12.1 Å². The number of fused-ring (bicyclic) bond motifs is 1. The predicted molar refractivity (Wildman–Crippen MR) is 85.4 cm³/mol.